The van der Waals surface area contributed by atoms with Gasteiger partial charge in [0.15, 0.2) is 0 Å². The molecule has 0 radical (unpaired) electrons. The third-order valence-corrected chi connectivity index (χ3v) is 2.97. The summed E-state index contributed by atoms with van der Waals surface area (Å²) in [5.74, 6) is -0.124. The van der Waals surface area contributed by atoms with E-state index >= 15 is 0 Å². The summed E-state index contributed by atoms with van der Waals surface area (Å²) in [7, 11) is 3.96. The predicted octanol–water partition coefficient (Wildman–Crippen LogP) is 2.43. The van der Waals surface area contributed by atoms with Gasteiger partial charge in [-0.3, -0.25) is 0 Å². The van der Waals surface area contributed by atoms with Crippen molar-refractivity contribution in [3.8, 4) is 0 Å². The molecular weight excluding hydrogens is 203 g/mol. The van der Waals surface area contributed by atoms with E-state index in [0.717, 1.165) is 25.1 Å². The first-order valence-electron chi connectivity index (χ1n) is 5.79. The van der Waals surface area contributed by atoms with Crippen LogP contribution in [0.15, 0.2) is 24.3 Å². The Balaban J connectivity index is 2.64. The van der Waals surface area contributed by atoms with Gasteiger partial charge in [-0.25, -0.2) is 4.39 Å². The molecule has 1 atom stereocenters. The van der Waals surface area contributed by atoms with Crippen LogP contribution in [0.25, 0.3) is 0 Å². The molecule has 0 aliphatic rings. The Morgan fingerprint density at radius 3 is 2.62 bits per heavy atom. The van der Waals surface area contributed by atoms with E-state index in [1.165, 1.54) is 6.07 Å². The molecule has 0 aliphatic heterocycles. The summed E-state index contributed by atoms with van der Waals surface area (Å²) in [6.45, 7) is 4.11. The van der Waals surface area contributed by atoms with E-state index in [9.17, 15) is 4.39 Å². The maximum absolute atomic E-state index is 13.6. The van der Waals surface area contributed by atoms with Gasteiger partial charge in [0.25, 0.3) is 0 Å². The zero-order chi connectivity index (χ0) is 12.0. The van der Waals surface area contributed by atoms with Crippen LogP contribution in [0.1, 0.15) is 24.9 Å². The van der Waals surface area contributed by atoms with Crippen molar-refractivity contribution in [3.63, 3.8) is 0 Å². The van der Waals surface area contributed by atoms with Gasteiger partial charge in [0.1, 0.15) is 5.82 Å². The van der Waals surface area contributed by atoms with Crippen molar-refractivity contribution in [1.82, 2.24) is 10.2 Å². The Kier molecular flexibility index (Phi) is 5.43. The van der Waals surface area contributed by atoms with Crippen LogP contribution < -0.4 is 5.32 Å². The molecule has 1 rings (SSSR count). The van der Waals surface area contributed by atoms with Crippen LogP contribution in [-0.4, -0.2) is 32.1 Å². The van der Waals surface area contributed by atoms with Gasteiger partial charge in [0, 0.05) is 11.6 Å². The zero-order valence-corrected chi connectivity index (χ0v) is 10.3. The molecule has 2 nitrogen and oxygen atoms in total. The van der Waals surface area contributed by atoms with Crippen LogP contribution in [0.5, 0.6) is 0 Å². The van der Waals surface area contributed by atoms with E-state index < -0.39 is 0 Å². The SMILES string of the molecule is CCN(C)CCC(NC)c1ccccc1F. The minimum atomic E-state index is -0.124. The quantitative estimate of drug-likeness (QED) is 0.798. The van der Waals surface area contributed by atoms with Crippen molar-refractivity contribution in [1.29, 1.82) is 0 Å². The zero-order valence-electron chi connectivity index (χ0n) is 10.3. The minimum absolute atomic E-state index is 0.0928. The average Bonchev–Trinajstić information content (AvgIpc) is 2.31. The largest absolute Gasteiger partial charge is 0.313 e. The molecule has 1 aromatic carbocycles. The third-order valence-electron chi connectivity index (χ3n) is 2.97. The second-order valence-electron chi connectivity index (χ2n) is 4.05. The van der Waals surface area contributed by atoms with Gasteiger partial charge in [-0.2, -0.15) is 0 Å². The lowest BCUT2D eigenvalue weighted by atomic mass is 10.0. The van der Waals surface area contributed by atoms with Crippen molar-refractivity contribution < 1.29 is 4.39 Å². The van der Waals surface area contributed by atoms with Crippen molar-refractivity contribution in [3.05, 3.63) is 35.6 Å². The molecule has 0 amide bonds. The number of halogens is 1. The van der Waals surface area contributed by atoms with E-state index in [1.807, 2.05) is 19.2 Å². The molecule has 0 heterocycles. The normalized spacial score (nSPS) is 13.1. The fourth-order valence-corrected chi connectivity index (χ4v) is 1.72. The smallest absolute Gasteiger partial charge is 0.127 e. The maximum Gasteiger partial charge on any atom is 0.127 e. The summed E-state index contributed by atoms with van der Waals surface area (Å²) in [5, 5.41) is 3.17. The van der Waals surface area contributed by atoms with Crippen LogP contribution in [0.2, 0.25) is 0 Å². The summed E-state index contributed by atoms with van der Waals surface area (Å²) in [5.41, 5.74) is 0.759. The number of nitrogens with one attached hydrogen (secondary N) is 1. The molecule has 0 aliphatic carbocycles. The highest BCUT2D eigenvalue weighted by molar-refractivity contribution is 5.21. The molecule has 0 spiro atoms. The predicted molar refractivity (Wildman–Crippen MR) is 66.0 cm³/mol. The first kappa shape index (κ1) is 13.1. The highest BCUT2D eigenvalue weighted by Crippen LogP contribution is 2.19. The Bertz CT molecular complexity index is 315. The Hall–Kier alpha value is -0.930. The lowest BCUT2D eigenvalue weighted by Crippen LogP contribution is -2.25. The van der Waals surface area contributed by atoms with E-state index in [2.05, 4.69) is 24.2 Å². The molecule has 0 saturated heterocycles. The lowest BCUT2D eigenvalue weighted by Gasteiger charge is -2.21. The van der Waals surface area contributed by atoms with Crippen molar-refractivity contribution in [2.45, 2.75) is 19.4 Å². The van der Waals surface area contributed by atoms with Gasteiger partial charge in [0.2, 0.25) is 0 Å². The van der Waals surface area contributed by atoms with Crippen LogP contribution in [0, 0.1) is 5.82 Å². The molecular formula is C13H21FN2. The summed E-state index contributed by atoms with van der Waals surface area (Å²) in [4.78, 5) is 2.23. The van der Waals surface area contributed by atoms with E-state index in [-0.39, 0.29) is 11.9 Å². The molecule has 0 bridgehead atoms. The Labute approximate surface area is 97.5 Å². The molecule has 1 aromatic rings. The van der Waals surface area contributed by atoms with E-state index in [4.69, 9.17) is 0 Å². The summed E-state index contributed by atoms with van der Waals surface area (Å²) in [6, 6.07) is 7.07. The monoisotopic (exact) mass is 224 g/mol. The first-order valence-corrected chi connectivity index (χ1v) is 5.79. The highest BCUT2D eigenvalue weighted by Gasteiger charge is 2.13. The van der Waals surface area contributed by atoms with E-state index in [0.29, 0.717) is 0 Å². The van der Waals surface area contributed by atoms with Crippen molar-refractivity contribution in [2.75, 3.05) is 27.2 Å². The average molecular weight is 224 g/mol. The van der Waals surface area contributed by atoms with Gasteiger partial charge < -0.3 is 10.2 Å². The van der Waals surface area contributed by atoms with Gasteiger partial charge in [0.05, 0.1) is 0 Å². The third kappa shape index (κ3) is 3.58. The number of nitrogens with zero attached hydrogens (tertiary/aromatic N) is 1. The van der Waals surface area contributed by atoms with Crippen LogP contribution in [0.4, 0.5) is 4.39 Å². The minimum Gasteiger partial charge on any atom is -0.313 e. The number of hydrogen-bond acceptors (Lipinski definition) is 2. The molecule has 16 heavy (non-hydrogen) atoms. The molecule has 0 fully saturated rings. The molecule has 0 saturated carbocycles. The topological polar surface area (TPSA) is 15.3 Å². The van der Waals surface area contributed by atoms with Crippen LogP contribution in [-0.2, 0) is 0 Å². The second-order valence-corrected chi connectivity index (χ2v) is 4.05. The number of hydrogen-bond donors (Lipinski definition) is 1. The second kappa shape index (κ2) is 6.61. The van der Waals surface area contributed by atoms with Gasteiger partial charge in [-0.15, -0.1) is 0 Å². The lowest BCUT2D eigenvalue weighted by molar-refractivity contribution is 0.323. The van der Waals surface area contributed by atoms with Gasteiger partial charge >= 0.3 is 0 Å². The Morgan fingerprint density at radius 1 is 1.38 bits per heavy atom. The first-order chi connectivity index (χ1) is 7.69. The van der Waals surface area contributed by atoms with Crippen LogP contribution >= 0.6 is 0 Å². The molecule has 1 unspecified atom stereocenters. The van der Waals surface area contributed by atoms with E-state index in [1.54, 1.807) is 6.07 Å². The molecule has 1 N–H and O–H groups in total. The fourth-order valence-electron chi connectivity index (χ4n) is 1.72. The highest BCUT2D eigenvalue weighted by atomic mass is 19.1. The summed E-state index contributed by atoms with van der Waals surface area (Å²) < 4.78 is 13.6. The van der Waals surface area contributed by atoms with Crippen molar-refractivity contribution in [2.24, 2.45) is 0 Å². The summed E-state index contributed by atoms with van der Waals surface area (Å²) >= 11 is 0. The maximum atomic E-state index is 13.6. The fraction of sp³-hybridized carbons (Fsp3) is 0.538. The standard InChI is InChI=1S/C13H21FN2/c1-4-16(3)10-9-13(15-2)11-7-5-6-8-12(11)14/h5-8,13,15H,4,9-10H2,1-3H3. The van der Waals surface area contributed by atoms with Gasteiger partial charge in [-0.1, -0.05) is 25.1 Å². The van der Waals surface area contributed by atoms with Gasteiger partial charge in [-0.05, 0) is 39.7 Å². The number of benzene rings is 1. The molecule has 90 valence electrons. The van der Waals surface area contributed by atoms with Crippen molar-refractivity contribution >= 4 is 0 Å². The van der Waals surface area contributed by atoms with Crippen LogP contribution in [0.3, 0.4) is 0 Å². The molecule has 0 aromatic heterocycles. The number of rotatable bonds is 6. The Morgan fingerprint density at radius 2 is 2.06 bits per heavy atom. The molecule has 3 heteroatoms. The summed E-state index contributed by atoms with van der Waals surface area (Å²) in [6.07, 6.45) is 0.918.